The number of nitrogens with zero attached hydrogens (tertiary/aromatic N) is 3. The number of likely N-dealkylation sites (tertiary alicyclic amines) is 1. The summed E-state index contributed by atoms with van der Waals surface area (Å²) in [7, 11) is 3.55. The van der Waals surface area contributed by atoms with E-state index >= 15 is 0 Å². The van der Waals surface area contributed by atoms with Crippen LogP contribution in [0.1, 0.15) is 37.7 Å². The number of piperidine rings is 1. The highest BCUT2D eigenvalue weighted by atomic mass is 16.5. The van der Waals surface area contributed by atoms with Crippen molar-refractivity contribution in [1.82, 2.24) is 15.1 Å². The first kappa shape index (κ1) is 21.6. The zero-order valence-electron chi connectivity index (χ0n) is 18.1. The highest BCUT2D eigenvalue weighted by molar-refractivity contribution is 5.85. The Labute approximate surface area is 175 Å². The molecule has 2 aliphatic rings. The molecular weight excluding hydrogens is 364 g/mol. The second-order valence-corrected chi connectivity index (χ2v) is 8.46. The Bertz CT molecular complexity index is 671. The summed E-state index contributed by atoms with van der Waals surface area (Å²) in [5.41, 5.74) is 1.44. The fourth-order valence-electron chi connectivity index (χ4n) is 4.31. The molecule has 6 heteroatoms. The third kappa shape index (κ3) is 5.95. The van der Waals surface area contributed by atoms with Crippen LogP contribution >= 0.6 is 0 Å². The predicted molar refractivity (Wildman–Crippen MR) is 117 cm³/mol. The molecule has 0 bridgehead atoms. The topological polar surface area (TPSA) is 57.2 Å². The normalized spacial score (nSPS) is 25.1. The van der Waals surface area contributed by atoms with E-state index in [0.717, 1.165) is 58.1 Å². The highest BCUT2D eigenvalue weighted by Crippen LogP contribution is 2.34. The fourth-order valence-corrected chi connectivity index (χ4v) is 4.31. The standard InChI is InChI=1S/C23H36N4O2/c1-4-19-16-27(12-10-21(19)20-8-6-5-7-9-20)23(25-15-22(28)26(2)3)24-14-18-11-13-29-17-18/h5-9,18-19,21H,4,10-17H2,1-3H3,(H,24,25). The molecule has 1 amide bonds. The third-order valence-corrected chi connectivity index (χ3v) is 6.22. The predicted octanol–water partition coefficient (Wildman–Crippen LogP) is 2.57. The number of hydrogen-bond acceptors (Lipinski definition) is 3. The van der Waals surface area contributed by atoms with Gasteiger partial charge >= 0.3 is 0 Å². The van der Waals surface area contributed by atoms with Crippen molar-refractivity contribution in [2.24, 2.45) is 16.8 Å². The van der Waals surface area contributed by atoms with Gasteiger partial charge in [-0.3, -0.25) is 4.79 Å². The maximum absolute atomic E-state index is 12.1. The molecule has 3 unspecified atom stereocenters. The minimum Gasteiger partial charge on any atom is -0.381 e. The van der Waals surface area contributed by atoms with Gasteiger partial charge in [-0.1, -0.05) is 43.7 Å². The van der Waals surface area contributed by atoms with Crippen LogP contribution in [0.3, 0.4) is 0 Å². The van der Waals surface area contributed by atoms with Crippen LogP contribution in [0.4, 0.5) is 0 Å². The van der Waals surface area contributed by atoms with Gasteiger partial charge in [0.1, 0.15) is 6.54 Å². The minimum absolute atomic E-state index is 0.0275. The number of carbonyl (C=O) groups excluding carboxylic acids is 1. The van der Waals surface area contributed by atoms with Crippen molar-refractivity contribution in [2.45, 2.75) is 32.1 Å². The van der Waals surface area contributed by atoms with E-state index in [9.17, 15) is 4.79 Å². The minimum atomic E-state index is 0.0275. The Balaban J connectivity index is 1.68. The van der Waals surface area contributed by atoms with Gasteiger partial charge in [0.2, 0.25) is 5.91 Å². The lowest BCUT2D eigenvalue weighted by Gasteiger charge is -2.40. The van der Waals surface area contributed by atoms with E-state index in [1.165, 1.54) is 5.56 Å². The van der Waals surface area contributed by atoms with Gasteiger partial charge in [-0.05, 0) is 30.2 Å². The third-order valence-electron chi connectivity index (χ3n) is 6.22. The van der Waals surface area contributed by atoms with E-state index in [2.05, 4.69) is 47.5 Å². The first-order valence-corrected chi connectivity index (χ1v) is 10.9. The van der Waals surface area contributed by atoms with Crippen LogP contribution in [0.5, 0.6) is 0 Å². The van der Waals surface area contributed by atoms with Crippen molar-refractivity contribution in [3.8, 4) is 0 Å². The van der Waals surface area contributed by atoms with E-state index in [0.29, 0.717) is 17.8 Å². The molecule has 29 heavy (non-hydrogen) atoms. The first-order chi connectivity index (χ1) is 14.1. The van der Waals surface area contributed by atoms with Crippen molar-refractivity contribution in [1.29, 1.82) is 0 Å². The molecule has 6 nitrogen and oxygen atoms in total. The van der Waals surface area contributed by atoms with Gasteiger partial charge in [0.25, 0.3) is 0 Å². The lowest BCUT2D eigenvalue weighted by Crippen LogP contribution is -2.49. The molecule has 0 saturated carbocycles. The van der Waals surface area contributed by atoms with Crippen molar-refractivity contribution < 1.29 is 9.53 Å². The molecule has 2 heterocycles. The molecule has 3 rings (SSSR count). The summed E-state index contributed by atoms with van der Waals surface area (Å²) in [4.78, 5) is 20.7. The zero-order valence-corrected chi connectivity index (χ0v) is 18.1. The molecule has 3 atom stereocenters. The summed E-state index contributed by atoms with van der Waals surface area (Å²) in [5.74, 6) is 2.59. The van der Waals surface area contributed by atoms with E-state index in [4.69, 9.17) is 9.73 Å². The largest absolute Gasteiger partial charge is 0.381 e. The van der Waals surface area contributed by atoms with E-state index in [1.807, 2.05) is 0 Å². The highest BCUT2D eigenvalue weighted by Gasteiger charge is 2.31. The summed E-state index contributed by atoms with van der Waals surface area (Å²) < 4.78 is 5.51. The maximum atomic E-state index is 12.1. The Morgan fingerprint density at radius 1 is 1.28 bits per heavy atom. The van der Waals surface area contributed by atoms with E-state index in [1.54, 1.807) is 19.0 Å². The summed E-state index contributed by atoms with van der Waals surface area (Å²) in [6.45, 7) is 6.90. The van der Waals surface area contributed by atoms with Crippen LogP contribution in [0.25, 0.3) is 0 Å². The number of carbonyl (C=O) groups is 1. The second kappa shape index (κ2) is 10.6. The number of ether oxygens (including phenoxy) is 1. The SMILES string of the molecule is CCC1CN(C(=NCC(=O)N(C)C)NCC2CCOC2)CCC1c1ccccc1. The van der Waals surface area contributed by atoms with Crippen molar-refractivity contribution in [3.63, 3.8) is 0 Å². The molecule has 1 N–H and O–H groups in total. The van der Waals surface area contributed by atoms with Crippen molar-refractivity contribution in [3.05, 3.63) is 35.9 Å². The van der Waals surface area contributed by atoms with Crippen LogP contribution in [0.15, 0.2) is 35.3 Å². The summed E-state index contributed by atoms with van der Waals surface area (Å²) in [6, 6.07) is 10.9. The van der Waals surface area contributed by atoms with Crippen molar-refractivity contribution >= 4 is 11.9 Å². The number of benzene rings is 1. The number of likely N-dealkylation sites (N-methyl/N-ethyl adjacent to an activating group) is 1. The number of aliphatic imine (C=N–C) groups is 1. The molecule has 0 radical (unpaired) electrons. The quantitative estimate of drug-likeness (QED) is 0.589. The Kier molecular flexibility index (Phi) is 7.92. The number of amides is 1. The summed E-state index contributed by atoms with van der Waals surface area (Å²) >= 11 is 0. The molecule has 2 fully saturated rings. The average molecular weight is 401 g/mol. The molecule has 160 valence electrons. The second-order valence-electron chi connectivity index (χ2n) is 8.46. The maximum Gasteiger partial charge on any atom is 0.243 e. The van der Waals surface area contributed by atoms with Gasteiger partial charge in [0, 0.05) is 46.3 Å². The Morgan fingerprint density at radius 2 is 2.07 bits per heavy atom. The van der Waals surface area contributed by atoms with E-state index in [-0.39, 0.29) is 12.5 Å². The molecule has 0 spiro atoms. The van der Waals surface area contributed by atoms with Gasteiger partial charge in [-0.2, -0.15) is 0 Å². The monoisotopic (exact) mass is 400 g/mol. The zero-order chi connectivity index (χ0) is 20.6. The van der Waals surface area contributed by atoms with Crippen LogP contribution in [0, 0.1) is 11.8 Å². The smallest absolute Gasteiger partial charge is 0.243 e. The molecule has 1 aromatic carbocycles. The molecule has 0 aromatic heterocycles. The number of guanidine groups is 1. The summed E-state index contributed by atoms with van der Waals surface area (Å²) in [6.07, 6.45) is 3.33. The van der Waals surface area contributed by atoms with Gasteiger partial charge in [-0.25, -0.2) is 4.99 Å². The summed E-state index contributed by atoms with van der Waals surface area (Å²) in [5, 5.41) is 3.55. The van der Waals surface area contributed by atoms with E-state index < -0.39 is 0 Å². The van der Waals surface area contributed by atoms with Gasteiger partial charge in [-0.15, -0.1) is 0 Å². The number of rotatable bonds is 6. The number of hydrogen-bond donors (Lipinski definition) is 1. The first-order valence-electron chi connectivity index (χ1n) is 10.9. The Hall–Kier alpha value is -2.08. The van der Waals surface area contributed by atoms with Crippen LogP contribution in [-0.2, 0) is 9.53 Å². The molecular formula is C23H36N4O2. The van der Waals surface area contributed by atoms with Gasteiger partial charge < -0.3 is 19.9 Å². The van der Waals surface area contributed by atoms with Gasteiger partial charge in [0.15, 0.2) is 5.96 Å². The molecule has 0 aliphatic carbocycles. The molecule has 1 aromatic rings. The molecule has 2 saturated heterocycles. The van der Waals surface area contributed by atoms with Crippen LogP contribution in [-0.4, -0.2) is 75.2 Å². The fraction of sp³-hybridized carbons (Fsp3) is 0.652. The molecule has 2 aliphatic heterocycles. The average Bonchev–Trinajstić information content (AvgIpc) is 3.27. The van der Waals surface area contributed by atoms with Crippen molar-refractivity contribution in [2.75, 3.05) is 53.5 Å². The Morgan fingerprint density at radius 3 is 2.72 bits per heavy atom. The van der Waals surface area contributed by atoms with Gasteiger partial charge in [0.05, 0.1) is 6.61 Å². The lowest BCUT2D eigenvalue weighted by atomic mass is 9.79. The van der Waals surface area contributed by atoms with Crippen LogP contribution < -0.4 is 5.32 Å². The van der Waals surface area contributed by atoms with Crippen LogP contribution in [0.2, 0.25) is 0 Å². The lowest BCUT2D eigenvalue weighted by molar-refractivity contribution is -0.127. The number of nitrogens with one attached hydrogen (secondary N) is 1.